The number of alkyl halides is 2. The number of hydrogen-bond acceptors (Lipinski definition) is 6. The zero-order valence-electron chi connectivity index (χ0n) is 14.7. The van der Waals surface area contributed by atoms with Crippen LogP contribution in [0.4, 0.5) is 0 Å². The smallest absolute Gasteiger partial charge is 0.355 e. The summed E-state index contributed by atoms with van der Waals surface area (Å²) in [6.45, 7) is 0.811. The van der Waals surface area contributed by atoms with Crippen LogP contribution in [0.5, 0.6) is 0 Å². The fraction of sp³-hybridized carbons (Fsp3) is 0.353. The lowest BCUT2D eigenvalue weighted by atomic mass is 10.0. The molecule has 0 spiro atoms. The van der Waals surface area contributed by atoms with Crippen molar-refractivity contribution in [3.63, 3.8) is 0 Å². The normalized spacial score (nSPS) is 19.1. The van der Waals surface area contributed by atoms with Gasteiger partial charge in [-0.2, -0.15) is 0 Å². The SMILES string of the molecule is CC(=O)OCC(CCl)=C(C(=O)OCc1ccccc1)N1C(=O)[C@@H](N=[N+]=[N-])[C@@H]1Cl. The number of hydrogen-bond donors (Lipinski definition) is 0. The van der Waals surface area contributed by atoms with Gasteiger partial charge in [0.25, 0.3) is 0 Å². The zero-order valence-corrected chi connectivity index (χ0v) is 16.3. The molecule has 1 aliphatic heterocycles. The third kappa shape index (κ3) is 4.95. The van der Waals surface area contributed by atoms with Crippen LogP contribution in [0.1, 0.15) is 12.5 Å². The maximum absolute atomic E-state index is 12.7. The molecule has 0 saturated carbocycles. The van der Waals surface area contributed by atoms with Gasteiger partial charge in [0.2, 0.25) is 5.91 Å². The molecule has 0 unspecified atom stereocenters. The number of carbonyl (C=O) groups excluding carboxylic acids is 3. The Balaban J connectivity index is 2.30. The Morgan fingerprint density at radius 3 is 2.50 bits per heavy atom. The fourth-order valence-corrected chi connectivity index (χ4v) is 2.95. The van der Waals surface area contributed by atoms with Crippen LogP contribution in [0, 0.1) is 0 Å². The molecule has 1 aliphatic rings. The summed E-state index contributed by atoms with van der Waals surface area (Å²) in [6, 6.07) is 7.73. The summed E-state index contributed by atoms with van der Waals surface area (Å²) in [7, 11) is 0. The van der Waals surface area contributed by atoms with E-state index in [0.717, 1.165) is 10.5 Å². The van der Waals surface area contributed by atoms with E-state index in [1.807, 2.05) is 6.07 Å². The second kappa shape index (κ2) is 9.98. The maximum Gasteiger partial charge on any atom is 0.355 e. The zero-order chi connectivity index (χ0) is 20.7. The van der Waals surface area contributed by atoms with Gasteiger partial charge in [0, 0.05) is 23.3 Å². The van der Waals surface area contributed by atoms with Gasteiger partial charge in [-0.3, -0.25) is 14.5 Å². The molecular formula is C17H16Cl2N4O5. The van der Waals surface area contributed by atoms with Gasteiger partial charge in [0.05, 0.1) is 0 Å². The van der Waals surface area contributed by atoms with Crippen LogP contribution in [0.2, 0.25) is 0 Å². The number of rotatable bonds is 8. The lowest BCUT2D eigenvalue weighted by Crippen LogP contribution is -2.61. The molecule has 2 rings (SSSR count). The van der Waals surface area contributed by atoms with E-state index in [1.165, 1.54) is 6.92 Å². The van der Waals surface area contributed by atoms with Crippen molar-refractivity contribution in [1.82, 2.24) is 4.90 Å². The van der Waals surface area contributed by atoms with Crippen molar-refractivity contribution in [2.24, 2.45) is 5.11 Å². The molecule has 9 nitrogen and oxygen atoms in total. The first kappa shape index (κ1) is 21.6. The average Bonchev–Trinajstić information content (AvgIpc) is 2.70. The van der Waals surface area contributed by atoms with E-state index in [4.69, 9.17) is 38.2 Å². The maximum atomic E-state index is 12.7. The largest absolute Gasteiger partial charge is 0.461 e. The Kier molecular flexibility index (Phi) is 7.69. The molecule has 148 valence electrons. The van der Waals surface area contributed by atoms with E-state index in [2.05, 4.69) is 10.0 Å². The molecule has 11 heteroatoms. The first-order valence-electron chi connectivity index (χ1n) is 8.04. The Hall–Kier alpha value is -2.74. The van der Waals surface area contributed by atoms with Crippen molar-refractivity contribution >= 4 is 41.0 Å². The van der Waals surface area contributed by atoms with E-state index < -0.39 is 29.4 Å². The van der Waals surface area contributed by atoms with Crippen LogP contribution in [0.25, 0.3) is 10.4 Å². The predicted octanol–water partition coefficient (Wildman–Crippen LogP) is 2.87. The molecule has 0 aliphatic carbocycles. The number of amides is 1. The molecule has 28 heavy (non-hydrogen) atoms. The Labute approximate surface area is 170 Å². The van der Waals surface area contributed by atoms with Gasteiger partial charge in [-0.1, -0.05) is 47.0 Å². The van der Waals surface area contributed by atoms with E-state index in [9.17, 15) is 14.4 Å². The number of azide groups is 1. The average molecular weight is 427 g/mol. The summed E-state index contributed by atoms with van der Waals surface area (Å²) in [5.74, 6) is -2.37. The molecule has 0 radical (unpaired) electrons. The summed E-state index contributed by atoms with van der Waals surface area (Å²) in [6.07, 6.45) is 0. The van der Waals surface area contributed by atoms with Gasteiger partial charge in [-0.15, -0.1) is 11.6 Å². The van der Waals surface area contributed by atoms with Crippen molar-refractivity contribution < 1.29 is 23.9 Å². The standard InChI is InChI=1S/C17H16Cl2N4O5/c1-10(24)27-9-12(7-18)14(23-15(19)13(16(23)25)21-22-20)17(26)28-8-11-5-3-2-4-6-11/h2-6,13,15H,7-9H2,1H3/t13-,15+/m0/s1. The van der Waals surface area contributed by atoms with Gasteiger partial charge in [-0.05, 0) is 11.1 Å². The highest BCUT2D eigenvalue weighted by Gasteiger charge is 2.50. The van der Waals surface area contributed by atoms with E-state index in [1.54, 1.807) is 24.3 Å². The van der Waals surface area contributed by atoms with Crippen LogP contribution in [-0.4, -0.2) is 46.8 Å². The van der Waals surface area contributed by atoms with Crippen molar-refractivity contribution in [2.45, 2.75) is 25.1 Å². The molecule has 1 saturated heterocycles. The highest BCUT2D eigenvalue weighted by molar-refractivity contribution is 6.27. The highest BCUT2D eigenvalue weighted by atomic mass is 35.5. The second-order valence-corrected chi connectivity index (χ2v) is 6.37. The number of benzene rings is 1. The van der Waals surface area contributed by atoms with Crippen LogP contribution >= 0.6 is 23.2 Å². The summed E-state index contributed by atoms with van der Waals surface area (Å²) in [5.41, 5.74) is 8.06. The minimum atomic E-state index is -1.16. The first-order valence-corrected chi connectivity index (χ1v) is 9.01. The number of β-lactam (4-membered cyclic amide) rings is 1. The third-order valence-electron chi connectivity index (χ3n) is 3.77. The molecule has 0 aromatic heterocycles. The predicted molar refractivity (Wildman–Crippen MR) is 100 cm³/mol. The van der Waals surface area contributed by atoms with Crippen molar-refractivity contribution in [3.05, 3.63) is 57.6 Å². The lowest BCUT2D eigenvalue weighted by molar-refractivity contribution is -0.151. The Morgan fingerprint density at radius 2 is 1.96 bits per heavy atom. The van der Waals surface area contributed by atoms with Crippen LogP contribution < -0.4 is 0 Å². The fourth-order valence-electron chi connectivity index (χ4n) is 2.40. The van der Waals surface area contributed by atoms with Crippen LogP contribution in [0.3, 0.4) is 0 Å². The molecule has 1 amide bonds. The van der Waals surface area contributed by atoms with Gasteiger partial charge < -0.3 is 9.47 Å². The Bertz CT molecular complexity index is 839. The number of esters is 2. The molecule has 0 bridgehead atoms. The van der Waals surface area contributed by atoms with E-state index in [0.29, 0.717) is 0 Å². The van der Waals surface area contributed by atoms with Gasteiger partial charge in [-0.25, -0.2) is 4.79 Å². The lowest BCUT2D eigenvalue weighted by Gasteiger charge is -2.42. The molecule has 1 fully saturated rings. The minimum Gasteiger partial charge on any atom is -0.461 e. The third-order valence-corrected chi connectivity index (χ3v) is 4.52. The highest BCUT2D eigenvalue weighted by Crippen LogP contribution is 2.33. The van der Waals surface area contributed by atoms with Crippen molar-refractivity contribution in [3.8, 4) is 0 Å². The molecule has 2 atom stereocenters. The van der Waals surface area contributed by atoms with Gasteiger partial charge in [0.15, 0.2) is 6.04 Å². The number of nitrogens with zero attached hydrogens (tertiary/aromatic N) is 4. The monoisotopic (exact) mass is 426 g/mol. The number of halogens is 2. The number of carbonyl (C=O) groups is 3. The second-order valence-electron chi connectivity index (χ2n) is 5.66. The molecular weight excluding hydrogens is 411 g/mol. The molecule has 1 aromatic carbocycles. The summed E-state index contributed by atoms with van der Waals surface area (Å²) < 4.78 is 10.2. The summed E-state index contributed by atoms with van der Waals surface area (Å²) >= 11 is 12.0. The van der Waals surface area contributed by atoms with Crippen LogP contribution in [0.15, 0.2) is 46.7 Å². The van der Waals surface area contributed by atoms with Crippen molar-refractivity contribution in [2.75, 3.05) is 12.5 Å². The number of likely N-dealkylation sites (tertiary alicyclic amines) is 1. The van der Waals surface area contributed by atoms with E-state index in [-0.39, 0.29) is 30.4 Å². The summed E-state index contributed by atoms with van der Waals surface area (Å²) in [4.78, 5) is 39.7. The van der Waals surface area contributed by atoms with E-state index >= 15 is 0 Å². The molecule has 0 N–H and O–H groups in total. The molecule has 1 aromatic rings. The van der Waals surface area contributed by atoms with Crippen molar-refractivity contribution in [1.29, 1.82) is 0 Å². The van der Waals surface area contributed by atoms with Crippen LogP contribution in [-0.2, 0) is 30.5 Å². The minimum absolute atomic E-state index is 0.0545. The first-order chi connectivity index (χ1) is 13.4. The number of ether oxygens (including phenoxy) is 2. The molecule has 1 heterocycles. The Morgan fingerprint density at radius 1 is 1.29 bits per heavy atom. The quantitative estimate of drug-likeness (QED) is 0.0923. The van der Waals surface area contributed by atoms with Gasteiger partial charge >= 0.3 is 11.9 Å². The summed E-state index contributed by atoms with van der Waals surface area (Å²) in [5, 5.41) is 3.30. The van der Waals surface area contributed by atoms with Gasteiger partial charge in [0.1, 0.15) is 24.4 Å². The topological polar surface area (TPSA) is 122 Å².